The highest BCUT2D eigenvalue weighted by molar-refractivity contribution is 9.10. The van der Waals surface area contributed by atoms with Crippen molar-refractivity contribution in [1.82, 2.24) is 9.88 Å². The van der Waals surface area contributed by atoms with Crippen molar-refractivity contribution in [3.8, 4) is 0 Å². The Morgan fingerprint density at radius 1 is 1.53 bits per heavy atom. The molecule has 1 heterocycles. The summed E-state index contributed by atoms with van der Waals surface area (Å²) >= 11 is 3.24. The third kappa shape index (κ3) is 3.02. The van der Waals surface area contributed by atoms with Gasteiger partial charge in [-0.2, -0.15) is 0 Å². The Hall–Kier alpha value is -0.900. The first kappa shape index (κ1) is 12.2. The van der Waals surface area contributed by atoms with Gasteiger partial charge in [0.1, 0.15) is 4.60 Å². The number of nitrogens with zero attached hydrogens (tertiary/aromatic N) is 2. The fourth-order valence-electron chi connectivity index (χ4n) is 1.41. The molecule has 0 saturated carbocycles. The molecule has 0 aliphatic heterocycles. The molecule has 1 amide bonds. The smallest absolute Gasteiger partial charge is 0.255 e. The van der Waals surface area contributed by atoms with E-state index in [1.54, 1.807) is 18.3 Å². The van der Waals surface area contributed by atoms with E-state index in [1.807, 2.05) is 25.7 Å². The summed E-state index contributed by atoms with van der Waals surface area (Å²) in [6, 6.07) is 3.78. The quantitative estimate of drug-likeness (QED) is 0.792. The van der Waals surface area contributed by atoms with Gasteiger partial charge in [0.2, 0.25) is 0 Å². The van der Waals surface area contributed by atoms with E-state index < -0.39 is 0 Å². The first-order valence-corrected chi connectivity index (χ1v) is 5.78. The van der Waals surface area contributed by atoms with Crippen LogP contribution >= 0.6 is 15.9 Å². The van der Waals surface area contributed by atoms with Crippen molar-refractivity contribution in [3.63, 3.8) is 0 Å². The van der Waals surface area contributed by atoms with Crippen LogP contribution in [0.3, 0.4) is 0 Å². The number of aromatic nitrogens is 1. The summed E-state index contributed by atoms with van der Waals surface area (Å²) < 4.78 is 0.742. The molecule has 0 radical (unpaired) electrons. The molecular formula is C11H15BrN2O. The Morgan fingerprint density at radius 3 is 2.60 bits per heavy atom. The highest BCUT2D eigenvalue weighted by atomic mass is 79.9. The van der Waals surface area contributed by atoms with E-state index in [0.29, 0.717) is 12.1 Å². The zero-order chi connectivity index (χ0) is 11.4. The van der Waals surface area contributed by atoms with Gasteiger partial charge < -0.3 is 4.90 Å². The topological polar surface area (TPSA) is 33.2 Å². The van der Waals surface area contributed by atoms with Gasteiger partial charge in [-0.3, -0.25) is 4.79 Å². The lowest BCUT2D eigenvalue weighted by atomic mass is 10.2. The van der Waals surface area contributed by atoms with Gasteiger partial charge in [0.25, 0.3) is 5.91 Å². The van der Waals surface area contributed by atoms with Crippen molar-refractivity contribution in [2.75, 3.05) is 6.54 Å². The summed E-state index contributed by atoms with van der Waals surface area (Å²) in [5.41, 5.74) is 0.633. The fourth-order valence-corrected chi connectivity index (χ4v) is 1.65. The Bertz CT molecular complexity index is 335. The third-order valence-corrected chi connectivity index (χ3v) is 2.67. The first-order valence-electron chi connectivity index (χ1n) is 4.98. The Labute approximate surface area is 98.6 Å². The number of rotatable bonds is 3. The van der Waals surface area contributed by atoms with Gasteiger partial charge in [-0.05, 0) is 48.8 Å². The second kappa shape index (κ2) is 5.26. The second-order valence-electron chi connectivity index (χ2n) is 3.55. The number of hydrogen-bond donors (Lipinski definition) is 0. The molecular weight excluding hydrogens is 256 g/mol. The maximum Gasteiger partial charge on any atom is 0.255 e. The van der Waals surface area contributed by atoms with Gasteiger partial charge in [-0.15, -0.1) is 0 Å². The first-order chi connectivity index (χ1) is 7.06. The highest BCUT2D eigenvalue weighted by Crippen LogP contribution is 2.10. The molecule has 15 heavy (non-hydrogen) atoms. The van der Waals surface area contributed by atoms with Gasteiger partial charge in [-0.1, -0.05) is 0 Å². The molecule has 0 N–H and O–H groups in total. The molecule has 0 atom stereocenters. The largest absolute Gasteiger partial charge is 0.336 e. The van der Waals surface area contributed by atoms with Crippen LogP contribution in [0.25, 0.3) is 0 Å². The molecule has 0 aliphatic carbocycles. The van der Waals surface area contributed by atoms with Crippen LogP contribution in [0.15, 0.2) is 22.9 Å². The van der Waals surface area contributed by atoms with Gasteiger partial charge in [-0.25, -0.2) is 4.98 Å². The van der Waals surface area contributed by atoms with Crippen molar-refractivity contribution in [2.45, 2.75) is 26.8 Å². The monoisotopic (exact) mass is 270 g/mol. The summed E-state index contributed by atoms with van der Waals surface area (Å²) in [7, 11) is 0. The van der Waals surface area contributed by atoms with E-state index in [9.17, 15) is 4.79 Å². The van der Waals surface area contributed by atoms with Crippen LogP contribution in [0.5, 0.6) is 0 Å². The van der Waals surface area contributed by atoms with Crippen molar-refractivity contribution >= 4 is 21.8 Å². The van der Waals surface area contributed by atoms with E-state index in [4.69, 9.17) is 0 Å². The zero-order valence-corrected chi connectivity index (χ0v) is 10.8. The molecule has 4 heteroatoms. The number of carbonyl (C=O) groups excluding carboxylic acids is 1. The lowest BCUT2D eigenvalue weighted by Gasteiger charge is -2.24. The van der Waals surface area contributed by atoms with E-state index in [0.717, 1.165) is 4.60 Å². The minimum atomic E-state index is 0.0347. The van der Waals surface area contributed by atoms with Gasteiger partial charge in [0.05, 0.1) is 5.56 Å². The lowest BCUT2D eigenvalue weighted by Crippen LogP contribution is -2.36. The average Bonchev–Trinajstić information content (AvgIpc) is 2.19. The maximum absolute atomic E-state index is 12.0. The predicted molar refractivity (Wildman–Crippen MR) is 63.8 cm³/mol. The normalized spacial score (nSPS) is 10.5. The Balaban J connectivity index is 2.88. The zero-order valence-electron chi connectivity index (χ0n) is 9.20. The molecule has 0 fully saturated rings. The highest BCUT2D eigenvalue weighted by Gasteiger charge is 2.16. The van der Waals surface area contributed by atoms with Crippen molar-refractivity contribution in [2.24, 2.45) is 0 Å². The molecule has 0 bridgehead atoms. The summed E-state index contributed by atoms with van der Waals surface area (Å²) in [5, 5.41) is 0. The van der Waals surface area contributed by atoms with E-state index in [-0.39, 0.29) is 11.9 Å². The lowest BCUT2D eigenvalue weighted by molar-refractivity contribution is 0.0716. The van der Waals surface area contributed by atoms with Crippen LogP contribution < -0.4 is 0 Å². The number of hydrogen-bond acceptors (Lipinski definition) is 2. The van der Waals surface area contributed by atoms with Crippen LogP contribution in [0.4, 0.5) is 0 Å². The second-order valence-corrected chi connectivity index (χ2v) is 4.37. The van der Waals surface area contributed by atoms with Crippen LogP contribution in [-0.4, -0.2) is 28.4 Å². The van der Waals surface area contributed by atoms with Crippen LogP contribution in [0, 0.1) is 0 Å². The van der Waals surface area contributed by atoms with E-state index >= 15 is 0 Å². The van der Waals surface area contributed by atoms with Crippen molar-refractivity contribution in [1.29, 1.82) is 0 Å². The van der Waals surface area contributed by atoms with E-state index in [2.05, 4.69) is 20.9 Å². The molecule has 0 saturated heterocycles. The van der Waals surface area contributed by atoms with Crippen LogP contribution in [-0.2, 0) is 0 Å². The number of amides is 1. The molecule has 0 unspecified atom stereocenters. The molecule has 1 aromatic rings. The maximum atomic E-state index is 12.0. The van der Waals surface area contributed by atoms with E-state index in [1.165, 1.54) is 0 Å². The average molecular weight is 271 g/mol. The standard InChI is InChI=1S/C11H15BrN2O/c1-4-14(8(2)3)11(15)9-5-6-10(12)13-7-9/h5-8H,4H2,1-3H3. The molecule has 1 rings (SSSR count). The van der Waals surface area contributed by atoms with Crippen LogP contribution in [0.2, 0.25) is 0 Å². The van der Waals surface area contributed by atoms with Gasteiger partial charge in [0, 0.05) is 18.8 Å². The molecule has 1 aromatic heterocycles. The summed E-state index contributed by atoms with van der Waals surface area (Å²) in [5.74, 6) is 0.0347. The van der Waals surface area contributed by atoms with Crippen molar-refractivity contribution in [3.05, 3.63) is 28.5 Å². The van der Waals surface area contributed by atoms with Crippen molar-refractivity contribution < 1.29 is 4.79 Å². The minimum absolute atomic E-state index is 0.0347. The molecule has 3 nitrogen and oxygen atoms in total. The molecule has 0 spiro atoms. The molecule has 0 aliphatic rings. The Morgan fingerprint density at radius 2 is 2.20 bits per heavy atom. The summed E-state index contributed by atoms with van der Waals surface area (Å²) in [6.07, 6.45) is 1.59. The Kier molecular flexibility index (Phi) is 4.27. The van der Waals surface area contributed by atoms with Gasteiger partial charge in [0.15, 0.2) is 0 Å². The minimum Gasteiger partial charge on any atom is -0.336 e. The number of pyridine rings is 1. The van der Waals surface area contributed by atoms with Gasteiger partial charge >= 0.3 is 0 Å². The number of halogens is 1. The van der Waals surface area contributed by atoms with Crippen LogP contribution in [0.1, 0.15) is 31.1 Å². The SMILES string of the molecule is CCN(C(=O)c1ccc(Br)nc1)C(C)C. The predicted octanol–water partition coefficient (Wildman–Crippen LogP) is 2.71. The summed E-state index contributed by atoms with van der Waals surface area (Å²) in [6.45, 7) is 6.71. The third-order valence-electron chi connectivity index (χ3n) is 2.20. The number of carbonyl (C=O) groups is 1. The molecule has 0 aromatic carbocycles. The molecule has 82 valence electrons. The fraction of sp³-hybridized carbons (Fsp3) is 0.455. The summed E-state index contributed by atoms with van der Waals surface area (Å²) in [4.78, 5) is 17.9.